The van der Waals surface area contributed by atoms with Crippen LogP contribution in [0.3, 0.4) is 0 Å². The van der Waals surface area contributed by atoms with Gasteiger partial charge in [0.25, 0.3) is 5.96 Å². The van der Waals surface area contributed by atoms with E-state index in [1.54, 1.807) is 0 Å². The van der Waals surface area contributed by atoms with Crippen molar-refractivity contribution in [2.45, 2.75) is 6.17 Å². The Labute approximate surface area is 127 Å². The number of nitrogens with zero attached hydrogens (tertiary/aromatic N) is 2. The van der Waals surface area contributed by atoms with Crippen LogP contribution >= 0.6 is 11.6 Å². The third-order valence-corrected chi connectivity index (χ3v) is 3.48. The molecule has 1 heterocycles. The molecule has 3 rings (SSSR count). The van der Waals surface area contributed by atoms with Crippen molar-refractivity contribution in [3.8, 4) is 0 Å². The molecule has 0 amide bonds. The molecule has 1 unspecified atom stereocenters. The summed E-state index contributed by atoms with van der Waals surface area (Å²) < 4.78 is 1.88. The van der Waals surface area contributed by atoms with Crippen molar-refractivity contribution in [1.82, 2.24) is 5.32 Å². The van der Waals surface area contributed by atoms with Crippen molar-refractivity contribution in [3.05, 3.63) is 65.2 Å². The first kappa shape index (κ1) is 13.5. The van der Waals surface area contributed by atoms with E-state index in [-0.39, 0.29) is 6.17 Å². The Morgan fingerprint density at radius 2 is 1.67 bits per heavy atom. The molecular weight excluding hydrogens is 286 g/mol. The van der Waals surface area contributed by atoms with Gasteiger partial charge in [0.15, 0.2) is 0 Å². The number of nitrogens with two attached hydrogens (primary N) is 2. The maximum Gasteiger partial charge on any atom is 0.357 e. The number of nitrogens with one attached hydrogen (secondary N) is 1. The van der Waals surface area contributed by atoms with Crippen LogP contribution < -0.4 is 16.8 Å². The molecule has 0 aliphatic carbocycles. The first-order valence-corrected chi connectivity index (χ1v) is 6.85. The average molecular weight is 301 g/mol. The smallest absolute Gasteiger partial charge is 0.357 e. The Hall–Kier alpha value is -2.53. The van der Waals surface area contributed by atoms with Gasteiger partial charge in [0.05, 0.1) is 0 Å². The van der Waals surface area contributed by atoms with Gasteiger partial charge in [-0.3, -0.25) is 5.73 Å². The number of benzene rings is 2. The standard InChI is InChI=1S/C15H14ClN5/c16-11-6-8-12(9-7-11)21-13(10-4-2-1-3-5-10)19-14(17)20-15(21)18/h1-9,13H,(H4,17,18,19,20)/p+1. The molecule has 1 aliphatic heterocycles. The second-order valence-electron chi connectivity index (χ2n) is 4.66. The molecule has 106 valence electrons. The first-order chi connectivity index (χ1) is 10.1. The fourth-order valence-corrected chi connectivity index (χ4v) is 2.40. The summed E-state index contributed by atoms with van der Waals surface area (Å²) in [4.78, 5) is 4.46. The molecule has 0 spiro atoms. The van der Waals surface area contributed by atoms with Crippen LogP contribution in [0.25, 0.3) is 0 Å². The number of aliphatic imine (C=N–C) groups is 1. The Kier molecular flexibility index (Phi) is 3.50. The van der Waals surface area contributed by atoms with Crippen molar-refractivity contribution in [2.24, 2.45) is 16.5 Å². The van der Waals surface area contributed by atoms with Gasteiger partial charge in [-0.05, 0) is 24.3 Å². The van der Waals surface area contributed by atoms with Crippen molar-refractivity contribution >= 4 is 29.2 Å². The van der Waals surface area contributed by atoms with Crippen molar-refractivity contribution in [3.63, 3.8) is 0 Å². The number of hydrogen-bond donors (Lipinski definition) is 3. The van der Waals surface area contributed by atoms with E-state index in [4.69, 9.17) is 23.1 Å². The molecule has 21 heavy (non-hydrogen) atoms. The highest BCUT2D eigenvalue weighted by Crippen LogP contribution is 2.28. The molecule has 0 radical (unpaired) electrons. The maximum absolute atomic E-state index is 6.10. The van der Waals surface area contributed by atoms with Crippen LogP contribution in [-0.4, -0.2) is 16.5 Å². The molecule has 0 fully saturated rings. The summed E-state index contributed by atoms with van der Waals surface area (Å²) in [5.74, 6) is 0.727. The molecule has 5 nitrogen and oxygen atoms in total. The molecule has 1 aliphatic rings. The summed E-state index contributed by atoms with van der Waals surface area (Å²) in [6, 6.07) is 17.3. The Balaban J connectivity index is 2.10. The van der Waals surface area contributed by atoms with Crippen LogP contribution in [0.1, 0.15) is 11.7 Å². The summed E-state index contributed by atoms with van der Waals surface area (Å²) in [6.45, 7) is 0. The Morgan fingerprint density at radius 1 is 1.00 bits per heavy atom. The van der Waals surface area contributed by atoms with Crippen LogP contribution in [0.15, 0.2) is 59.6 Å². The van der Waals surface area contributed by atoms with Crippen LogP contribution in [0.4, 0.5) is 5.69 Å². The second kappa shape index (κ2) is 5.46. The van der Waals surface area contributed by atoms with Crippen LogP contribution in [0.2, 0.25) is 5.02 Å². The van der Waals surface area contributed by atoms with Gasteiger partial charge in [-0.25, -0.2) is 9.89 Å². The largest absolute Gasteiger partial charge is 0.357 e. The molecule has 2 aromatic carbocycles. The molecule has 5 N–H and O–H groups in total. The van der Waals surface area contributed by atoms with Gasteiger partial charge in [-0.2, -0.15) is 4.99 Å². The van der Waals surface area contributed by atoms with Crippen molar-refractivity contribution < 1.29 is 4.58 Å². The lowest BCUT2D eigenvalue weighted by Crippen LogP contribution is -2.50. The fraction of sp³-hybridized carbons (Fsp3) is 0.0667. The topological polar surface area (TPSA) is 79.4 Å². The summed E-state index contributed by atoms with van der Waals surface area (Å²) >= 11 is 5.94. The SMILES string of the molecule is NC1=NC(c2ccccc2)[N+](c2ccc(Cl)cc2)=C(N)N1. The fourth-order valence-electron chi connectivity index (χ4n) is 2.28. The van der Waals surface area contributed by atoms with Gasteiger partial charge in [0, 0.05) is 10.6 Å². The zero-order valence-electron chi connectivity index (χ0n) is 11.2. The molecule has 1 atom stereocenters. The van der Waals surface area contributed by atoms with E-state index in [9.17, 15) is 0 Å². The quantitative estimate of drug-likeness (QED) is 0.741. The summed E-state index contributed by atoms with van der Waals surface area (Å²) in [7, 11) is 0. The Bertz CT molecular complexity index is 707. The molecule has 6 heteroatoms. The van der Waals surface area contributed by atoms with Crippen molar-refractivity contribution in [1.29, 1.82) is 0 Å². The lowest BCUT2D eigenvalue weighted by Gasteiger charge is -2.22. The van der Waals surface area contributed by atoms with Gasteiger partial charge in [0.1, 0.15) is 5.69 Å². The number of hydrogen-bond acceptors (Lipinski definition) is 4. The van der Waals surface area contributed by atoms with Crippen LogP contribution in [0.5, 0.6) is 0 Å². The zero-order chi connectivity index (χ0) is 14.8. The third-order valence-electron chi connectivity index (χ3n) is 3.22. The number of guanidine groups is 2. The first-order valence-electron chi connectivity index (χ1n) is 6.47. The normalized spacial score (nSPS) is 18.1. The summed E-state index contributed by atoms with van der Waals surface area (Å²) in [6.07, 6.45) is -0.311. The molecule has 0 saturated carbocycles. The van der Waals surface area contributed by atoms with Crippen LogP contribution in [0, 0.1) is 0 Å². The van der Waals surface area contributed by atoms with Gasteiger partial charge >= 0.3 is 5.96 Å². The molecule has 0 saturated heterocycles. The maximum atomic E-state index is 6.10. The minimum atomic E-state index is -0.311. The van der Waals surface area contributed by atoms with Gasteiger partial charge in [-0.1, -0.05) is 41.9 Å². The van der Waals surface area contributed by atoms with E-state index in [0.29, 0.717) is 16.9 Å². The van der Waals surface area contributed by atoms with E-state index in [2.05, 4.69) is 10.3 Å². The summed E-state index contributed by atoms with van der Waals surface area (Å²) in [5, 5.41) is 3.53. The second-order valence-corrected chi connectivity index (χ2v) is 5.09. The highest BCUT2D eigenvalue weighted by molar-refractivity contribution is 6.30. The lowest BCUT2D eigenvalue weighted by atomic mass is 10.1. The van der Waals surface area contributed by atoms with Crippen LogP contribution in [-0.2, 0) is 0 Å². The van der Waals surface area contributed by atoms with E-state index in [1.165, 1.54) is 0 Å². The monoisotopic (exact) mass is 300 g/mol. The number of halogens is 1. The predicted molar refractivity (Wildman–Crippen MR) is 84.5 cm³/mol. The van der Waals surface area contributed by atoms with E-state index >= 15 is 0 Å². The van der Waals surface area contributed by atoms with Gasteiger partial charge in [0.2, 0.25) is 6.17 Å². The highest BCUT2D eigenvalue weighted by atomic mass is 35.5. The van der Waals surface area contributed by atoms with Crippen molar-refractivity contribution in [2.75, 3.05) is 0 Å². The molecule has 0 aromatic heterocycles. The van der Waals surface area contributed by atoms with E-state index in [1.807, 2.05) is 59.2 Å². The number of rotatable bonds is 2. The highest BCUT2D eigenvalue weighted by Gasteiger charge is 2.28. The Morgan fingerprint density at radius 3 is 2.33 bits per heavy atom. The minimum Gasteiger partial charge on any atom is -0.357 e. The lowest BCUT2D eigenvalue weighted by molar-refractivity contribution is -0.494. The van der Waals surface area contributed by atoms with Gasteiger partial charge < -0.3 is 5.73 Å². The average Bonchev–Trinajstić information content (AvgIpc) is 2.49. The molecular formula is C15H15ClN5+. The van der Waals surface area contributed by atoms with E-state index in [0.717, 1.165) is 11.3 Å². The predicted octanol–water partition coefficient (Wildman–Crippen LogP) is 1.92. The third kappa shape index (κ3) is 2.68. The molecule has 2 aromatic rings. The summed E-state index contributed by atoms with van der Waals surface area (Å²) in [5.41, 5.74) is 13.8. The minimum absolute atomic E-state index is 0.298. The molecule has 0 bridgehead atoms. The zero-order valence-corrected chi connectivity index (χ0v) is 12.0. The van der Waals surface area contributed by atoms with E-state index < -0.39 is 0 Å². The van der Waals surface area contributed by atoms with Gasteiger partial charge in [-0.15, -0.1) is 0 Å².